The number of carbonyl (C=O) groups is 3. The fraction of sp³-hybridized carbons (Fsp3) is 0.500. The zero-order chi connectivity index (χ0) is 20.0. The lowest BCUT2D eigenvalue weighted by Gasteiger charge is -2.20. The van der Waals surface area contributed by atoms with Crippen LogP contribution in [-0.2, 0) is 23.9 Å². The van der Waals surface area contributed by atoms with Crippen molar-refractivity contribution in [3.63, 3.8) is 0 Å². The third-order valence-electron chi connectivity index (χ3n) is 4.16. The highest BCUT2D eigenvalue weighted by Gasteiger charge is 2.38. The average molecular weight is 399 g/mol. The predicted molar refractivity (Wildman–Crippen MR) is 98.9 cm³/mol. The normalized spacial score (nSPS) is 17.6. The quantitative estimate of drug-likeness (QED) is 0.525. The van der Waals surface area contributed by atoms with Gasteiger partial charge in [0.1, 0.15) is 5.75 Å². The van der Waals surface area contributed by atoms with Gasteiger partial charge in [-0.15, -0.1) is 0 Å². The highest BCUT2D eigenvalue weighted by atomic mass is 35.5. The first kappa shape index (κ1) is 21.0. The molecular weight excluding hydrogens is 376 g/mol. The number of rotatable bonds is 8. The van der Waals surface area contributed by atoms with Gasteiger partial charge in [-0.25, -0.2) is 0 Å². The first-order valence-corrected chi connectivity index (χ1v) is 8.86. The fourth-order valence-corrected chi connectivity index (χ4v) is 2.88. The third kappa shape index (κ3) is 5.33. The van der Waals surface area contributed by atoms with Gasteiger partial charge in [0, 0.05) is 31.6 Å². The Balaban J connectivity index is 1.99. The van der Waals surface area contributed by atoms with E-state index in [1.54, 1.807) is 18.2 Å². The number of amides is 2. The number of hydrogen-bond donors (Lipinski definition) is 1. The molecule has 1 aliphatic heterocycles. The molecule has 0 saturated carbocycles. The van der Waals surface area contributed by atoms with Crippen LogP contribution >= 0.6 is 11.6 Å². The van der Waals surface area contributed by atoms with Crippen LogP contribution in [0.15, 0.2) is 18.2 Å². The van der Waals surface area contributed by atoms with Crippen molar-refractivity contribution in [1.29, 1.82) is 0 Å². The minimum absolute atomic E-state index is 0.00743. The molecular formula is C18H23ClN2O6. The minimum Gasteiger partial charge on any atom is -0.495 e. The lowest BCUT2D eigenvalue weighted by Crippen LogP contribution is -2.38. The smallest absolute Gasteiger partial charge is 0.312 e. The number of benzene rings is 1. The van der Waals surface area contributed by atoms with Gasteiger partial charge in [0.2, 0.25) is 5.91 Å². The fourth-order valence-electron chi connectivity index (χ4n) is 2.72. The van der Waals surface area contributed by atoms with Gasteiger partial charge >= 0.3 is 5.97 Å². The van der Waals surface area contributed by atoms with Crippen molar-refractivity contribution in [3.05, 3.63) is 23.2 Å². The minimum atomic E-state index is -0.959. The Morgan fingerprint density at radius 2 is 2.11 bits per heavy atom. The van der Waals surface area contributed by atoms with E-state index in [4.69, 9.17) is 25.8 Å². The van der Waals surface area contributed by atoms with Crippen LogP contribution < -0.4 is 15.0 Å². The monoisotopic (exact) mass is 398 g/mol. The third-order valence-corrected chi connectivity index (χ3v) is 4.39. The zero-order valence-corrected chi connectivity index (χ0v) is 16.2. The summed E-state index contributed by atoms with van der Waals surface area (Å²) in [5, 5.41) is 3.04. The number of ether oxygens (including phenoxy) is 3. The zero-order valence-electron chi connectivity index (χ0n) is 15.5. The van der Waals surface area contributed by atoms with E-state index in [-0.39, 0.29) is 18.9 Å². The summed E-state index contributed by atoms with van der Waals surface area (Å²) in [6, 6.07) is 4.92. The Morgan fingerprint density at radius 1 is 1.37 bits per heavy atom. The maximum atomic E-state index is 12.4. The maximum absolute atomic E-state index is 12.4. The molecule has 0 aliphatic carbocycles. The van der Waals surface area contributed by atoms with Gasteiger partial charge in [0.25, 0.3) is 5.91 Å². The van der Waals surface area contributed by atoms with Crippen LogP contribution in [0.5, 0.6) is 5.75 Å². The van der Waals surface area contributed by atoms with Gasteiger partial charge in [-0.3, -0.25) is 14.4 Å². The van der Waals surface area contributed by atoms with Crippen molar-refractivity contribution in [2.75, 3.05) is 38.8 Å². The summed E-state index contributed by atoms with van der Waals surface area (Å²) >= 11 is 6.02. The Bertz CT molecular complexity index is 711. The van der Waals surface area contributed by atoms with E-state index in [1.807, 2.05) is 0 Å². The number of methoxy groups -OCH3 is 2. The highest BCUT2D eigenvalue weighted by molar-refractivity contribution is 6.31. The lowest BCUT2D eigenvalue weighted by atomic mass is 10.1. The van der Waals surface area contributed by atoms with E-state index in [1.165, 1.54) is 26.0 Å². The maximum Gasteiger partial charge on any atom is 0.312 e. The number of esters is 1. The standard InChI is InChI=1S/C18H23ClN2O6/c1-11(17(23)20-6-7-25-2)27-18(24)12-8-16(22)21(10-12)14-9-13(19)4-5-15(14)26-3/h4-5,9,11-12H,6-8,10H2,1-3H3,(H,20,23)/t11-,12-/m1/s1. The molecule has 1 aromatic rings. The van der Waals surface area contributed by atoms with Crippen molar-refractivity contribution in [2.24, 2.45) is 5.92 Å². The van der Waals surface area contributed by atoms with E-state index in [2.05, 4.69) is 5.32 Å². The van der Waals surface area contributed by atoms with Gasteiger partial charge in [-0.05, 0) is 25.1 Å². The van der Waals surface area contributed by atoms with Crippen molar-refractivity contribution in [1.82, 2.24) is 5.32 Å². The van der Waals surface area contributed by atoms with Crippen molar-refractivity contribution >= 4 is 35.1 Å². The van der Waals surface area contributed by atoms with Crippen LogP contribution in [0.1, 0.15) is 13.3 Å². The number of carbonyl (C=O) groups excluding carboxylic acids is 3. The molecule has 0 bridgehead atoms. The van der Waals surface area contributed by atoms with Crippen LogP contribution in [0.3, 0.4) is 0 Å². The number of hydrogen-bond acceptors (Lipinski definition) is 6. The summed E-state index contributed by atoms with van der Waals surface area (Å²) in [6.45, 7) is 2.29. The molecule has 1 saturated heterocycles. The molecule has 1 aliphatic rings. The Kier molecular flexibility index (Phi) is 7.44. The number of nitrogens with zero attached hydrogens (tertiary/aromatic N) is 1. The molecule has 148 valence electrons. The Labute approximate surface area is 162 Å². The molecule has 0 aromatic heterocycles. The van der Waals surface area contributed by atoms with Crippen molar-refractivity contribution < 1.29 is 28.6 Å². The van der Waals surface area contributed by atoms with Crippen LogP contribution in [0, 0.1) is 5.92 Å². The van der Waals surface area contributed by atoms with Crippen LogP contribution in [0.25, 0.3) is 0 Å². The first-order valence-electron chi connectivity index (χ1n) is 8.48. The molecule has 27 heavy (non-hydrogen) atoms. The highest BCUT2D eigenvalue weighted by Crippen LogP contribution is 2.35. The molecule has 9 heteroatoms. The summed E-state index contributed by atoms with van der Waals surface area (Å²) in [5.41, 5.74) is 0.496. The van der Waals surface area contributed by atoms with E-state index >= 15 is 0 Å². The van der Waals surface area contributed by atoms with Gasteiger partial charge in [-0.1, -0.05) is 11.6 Å². The largest absolute Gasteiger partial charge is 0.495 e. The van der Waals surface area contributed by atoms with E-state index in [9.17, 15) is 14.4 Å². The summed E-state index contributed by atoms with van der Waals surface area (Å²) < 4.78 is 15.3. The number of anilines is 1. The second-order valence-electron chi connectivity index (χ2n) is 6.08. The lowest BCUT2D eigenvalue weighted by molar-refractivity contribution is -0.158. The van der Waals surface area contributed by atoms with E-state index in [0.717, 1.165) is 0 Å². The van der Waals surface area contributed by atoms with Crippen LogP contribution in [-0.4, -0.2) is 57.8 Å². The SMILES string of the molecule is COCCNC(=O)[C@@H](C)OC(=O)[C@@H]1CC(=O)N(c2cc(Cl)ccc2OC)C1. The van der Waals surface area contributed by atoms with Crippen LogP contribution in [0.2, 0.25) is 5.02 Å². The summed E-state index contributed by atoms with van der Waals surface area (Å²) in [4.78, 5) is 38.1. The van der Waals surface area contributed by atoms with Gasteiger partial charge in [0.15, 0.2) is 6.10 Å². The molecule has 1 N–H and O–H groups in total. The van der Waals surface area contributed by atoms with E-state index < -0.39 is 23.9 Å². The second-order valence-corrected chi connectivity index (χ2v) is 6.52. The summed E-state index contributed by atoms with van der Waals surface area (Å²) in [7, 11) is 3.01. The molecule has 0 spiro atoms. The Morgan fingerprint density at radius 3 is 2.78 bits per heavy atom. The first-order chi connectivity index (χ1) is 12.9. The molecule has 0 radical (unpaired) electrons. The topological polar surface area (TPSA) is 94.2 Å². The van der Waals surface area contributed by atoms with Crippen molar-refractivity contribution in [2.45, 2.75) is 19.4 Å². The molecule has 0 unspecified atom stereocenters. The summed E-state index contributed by atoms with van der Waals surface area (Å²) in [5.74, 6) is -1.45. The number of nitrogens with one attached hydrogen (secondary N) is 1. The van der Waals surface area contributed by atoms with Gasteiger partial charge in [0.05, 0.1) is 25.3 Å². The average Bonchev–Trinajstić information content (AvgIpc) is 3.03. The molecule has 1 aromatic carbocycles. The van der Waals surface area contributed by atoms with Crippen molar-refractivity contribution in [3.8, 4) is 5.75 Å². The molecule has 2 atom stereocenters. The van der Waals surface area contributed by atoms with E-state index in [0.29, 0.717) is 29.6 Å². The summed E-state index contributed by atoms with van der Waals surface area (Å²) in [6.07, 6.45) is -0.966. The van der Waals surface area contributed by atoms with Gasteiger partial charge < -0.3 is 24.4 Å². The molecule has 8 nitrogen and oxygen atoms in total. The Hall–Kier alpha value is -2.32. The molecule has 2 amide bonds. The van der Waals surface area contributed by atoms with Crippen LogP contribution in [0.4, 0.5) is 5.69 Å². The van der Waals surface area contributed by atoms with Gasteiger partial charge in [-0.2, -0.15) is 0 Å². The molecule has 1 heterocycles. The second kappa shape index (κ2) is 9.57. The number of halogens is 1. The molecule has 1 fully saturated rings. The molecule has 2 rings (SSSR count). The predicted octanol–water partition coefficient (Wildman–Crippen LogP) is 1.40.